The van der Waals surface area contributed by atoms with Gasteiger partial charge in [-0.1, -0.05) is 11.6 Å². The standard InChI is InChI=1S/C8H3ClF2N2O2/c9-6-3(8(14)15)1-4(7(10)11)13-5(6)2-12/h1,7H,(H,14,15). The molecule has 7 heteroatoms. The number of halogens is 3. The molecule has 1 rings (SSSR count). The van der Waals surface area contributed by atoms with Crippen LogP contribution >= 0.6 is 11.6 Å². The number of aromatic carboxylic acids is 1. The molecule has 1 heterocycles. The third kappa shape index (κ3) is 2.19. The number of nitriles is 1. The van der Waals surface area contributed by atoms with E-state index < -0.39 is 34.4 Å². The lowest BCUT2D eigenvalue weighted by Crippen LogP contribution is -2.04. The Bertz CT molecular complexity index is 457. The zero-order valence-corrected chi connectivity index (χ0v) is 7.79. The van der Waals surface area contributed by atoms with Crippen LogP contribution in [0.2, 0.25) is 5.02 Å². The quantitative estimate of drug-likeness (QED) is 0.849. The zero-order valence-electron chi connectivity index (χ0n) is 7.04. The molecule has 0 aliphatic heterocycles. The number of carboxylic acid groups (broad SMARTS) is 1. The van der Waals surface area contributed by atoms with Crippen molar-refractivity contribution in [2.45, 2.75) is 6.43 Å². The second kappa shape index (κ2) is 4.19. The van der Waals surface area contributed by atoms with Gasteiger partial charge in [0.1, 0.15) is 11.8 Å². The van der Waals surface area contributed by atoms with Crippen molar-refractivity contribution in [1.29, 1.82) is 5.26 Å². The predicted octanol–water partition coefficient (Wildman–Crippen LogP) is 2.24. The molecule has 0 saturated carbocycles. The van der Waals surface area contributed by atoms with Gasteiger partial charge in [0.15, 0.2) is 5.69 Å². The summed E-state index contributed by atoms with van der Waals surface area (Å²) in [6, 6.07) is 2.10. The van der Waals surface area contributed by atoms with E-state index in [1.807, 2.05) is 0 Å². The van der Waals surface area contributed by atoms with E-state index in [1.165, 1.54) is 6.07 Å². The summed E-state index contributed by atoms with van der Waals surface area (Å²) in [6.45, 7) is 0. The Morgan fingerprint density at radius 1 is 1.67 bits per heavy atom. The summed E-state index contributed by atoms with van der Waals surface area (Å²) in [5, 5.41) is 16.7. The summed E-state index contributed by atoms with van der Waals surface area (Å²) in [7, 11) is 0. The monoisotopic (exact) mass is 232 g/mol. The lowest BCUT2D eigenvalue weighted by molar-refractivity contribution is 0.0696. The highest BCUT2D eigenvalue weighted by Gasteiger charge is 2.19. The van der Waals surface area contributed by atoms with E-state index >= 15 is 0 Å². The first-order valence-corrected chi connectivity index (χ1v) is 3.97. The molecule has 0 spiro atoms. The molecule has 0 aromatic carbocycles. The Hall–Kier alpha value is -1.74. The minimum absolute atomic E-state index is 0.436. The lowest BCUT2D eigenvalue weighted by atomic mass is 10.2. The summed E-state index contributed by atoms with van der Waals surface area (Å²) < 4.78 is 24.5. The van der Waals surface area contributed by atoms with E-state index in [4.69, 9.17) is 22.0 Å². The van der Waals surface area contributed by atoms with Crippen LogP contribution in [0.15, 0.2) is 6.07 Å². The van der Waals surface area contributed by atoms with Crippen LogP contribution in [0.25, 0.3) is 0 Å². The van der Waals surface area contributed by atoms with E-state index in [1.54, 1.807) is 0 Å². The van der Waals surface area contributed by atoms with Gasteiger partial charge in [0.25, 0.3) is 6.43 Å². The molecule has 0 atom stereocenters. The zero-order chi connectivity index (χ0) is 11.6. The molecule has 15 heavy (non-hydrogen) atoms. The highest BCUT2D eigenvalue weighted by atomic mass is 35.5. The summed E-state index contributed by atoms with van der Waals surface area (Å²) in [4.78, 5) is 13.8. The molecule has 0 aliphatic rings. The van der Waals surface area contributed by atoms with Gasteiger partial charge in [0.05, 0.1) is 10.6 Å². The minimum atomic E-state index is -2.95. The molecule has 4 nitrogen and oxygen atoms in total. The van der Waals surface area contributed by atoms with Crippen molar-refractivity contribution in [2.75, 3.05) is 0 Å². The normalized spacial score (nSPS) is 10.1. The molecule has 0 amide bonds. The summed E-state index contributed by atoms with van der Waals surface area (Å²) in [5.41, 5.74) is -1.86. The Labute approximate surface area is 87.7 Å². The molecular weight excluding hydrogens is 230 g/mol. The second-order valence-corrected chi connectivity index (χ2v) is 2.85. The fourth-order valence-electron chi connectivity index (χ4n) is 0.891. The predicted molar refractivity (Wildman–Crippen MR) is 45.9 cm³/mol. The van der Waals surface area contributed by atoms with Crippen molar-refractivity contribution in [1.82, 2.24) is 4.98 Å². The summed E-state index contributed by atoms with van der Waals surface area (Å²) in [5.74, 6) is -1.49. The van der Waals surface area contributed by atoms with Crippen molar-refractivity contribution in [2.24, 2.45) is 0 Å². The number of rotatable bonds is 2. The van der Waals surface area contributed by atoms with E-state index in [9.17, 15) is 13.6 Å². The van der Waals surface area contributed by atoms with Crippen LogP contribution in [0.3, 0.4) is 0 Å². The minimum Gasteiger partial charge on any atom is -0.478 e. The molecule has 0 aliphatic carbocycles. The van der Waals surface area contributed by atoms with Crippen molar-refractivity contribution >= 4 is 17.6 Å². The smallest absolute Gasteiger partial charge is 0.337 e. The first-order chi connectivity index (χ1) is 6.97. The fraction of sp³-hybridized carbons (Fsp3) is 0.125. The van der Waals surface area contributed by atoms with Crippen LogP contribution in [0, 0.1) is 11.3 Å². The molecule has 1 aromatic heterocycles. The molecule has 1 aromatic rings. The van der Waals surface area contributed by atoms with Crippen molar-refractivity contribution in [3.05, 3.63) is 28.0 Å². The fourth-order valence-corrected chi connectivity index (χ4v) is 1.11. The van der Waals surface area contributed by atoms with Gasteiger partial charge in [-0.25, -0.2) is 18.6 Å². The van der Waals surface area contributed by atoms with Gasteiger partial charge in [-0.05, 0) is 6.07 Å². The maximum absolute atomic E-state index is 12.3. The maximum Gasteiger partial charge on any atom is 0.337 e. The first kappa shape index (κ1) is 11.3. The SMILES string of the molecule is N#Cc1nc(C(F)F)cc(C(=O)O)c1Cl. The molecular formula is C8H3ClF2N2O2. The topological polar surface area (TPSA) is 74.0 Å². The Morgan fingerprint density at radius 2 is 2.27 bits per heavy atom. The number of pyridine rings is 1. The van der Waals surface area contributed by atoms with Crippen LogP contribution < -0.4 is 0 Å². The van der Waals surface area contributed by atoms with Crippen LogP contribution in [-0.2, 0) is 0 Å². The Kier molecular flexibility index (Phi) is 3.17. The number of nitrogens with zero attached hydrogens (tertiary/aromatic N) is 2. The van der Waals surface area contributed by atoms with Gasteiger partial charge in [-0.2, -0.15) is 5.26 Å². The van der Waals surface area contributed by atoms with Gasteiger partial charge in [-0.15, -0.1) is 0 Å². The van der Waals surface area contributed by atoms with Gasteiger partial charge in [0, 0.05) is 0 Å². The molecule has 0 bridgehead atoms. The summed E-state index contributed by atoms with van der Waals surface area (Å²) in [6.07, 6.45) is -2.95. The molecule has 0 radical (unpaired) electrons. The van der Waals surface area contributed by atoms with Crippen LogP contribution in [0.1, 0.15) is 28.2 Å². The second-order valence-electron chi connectivity index (χ2n) is 2.47. The average Bonchev–Trinajstić information content (AvgIpc) is 2.17. The third-order valence-corrected chi connectivity index (χ3v) is 1.92. The number of aromatic nitrogens is 1. The van der Waals surface area contributed by atoms with Gasteiger partial charge < -0.3 is 5.11 Å². The molecule has 0 saturated heterocycles. The van der Waals surface area contributed by atoms with Crippen LogP contribution in [0.5, 0.6) is 0 Å². The number of carbonyl (C=O) groups is 1. The number of alkyl halides is 2. The van der Waals surface area contributed by atoms with Gasteiger partial charge >= 0.3 is 5.97 Å². The van der Waals surface area contributed by atoms with E-state index in [2.05, 4.69) is 4.98 Å². The highest BCUT2D eigenvalue weighted by Crippen LogP contribution is 2.25. The van der Waals surface area contributed by atoms with Crippen molar-refractivity contribution < 1.29 is 18.7 Å². The lowest BCUT2D eigenvalue weighted by Gasteiger charge is -2.04. The third-order valence-electron chi connectivity index (χ3n) is 1.54. The van der Waals surface area contributed by atoms with Crippen LogP contribution in [0.4, 0.5) is 8.78 Å². The van der Waals surface area contributed by atoms with Crippen LogP contribution in [-0.4, -0.2) is 16.1 Å². The number of hydrogen-bond acceptors (Lipinski definition) is 3. The number of carboxylic acids is 1. The van der Waals surface area contributed by atoms with Crippen molar-refractivity contribution in [3.8, 4) is 6.07 Å². The Morgan fingerprint density at radius 3 is 2.67 bits per heavy atom. The average molecular weight is 233 g/mol. The largest absolute Gasteiger partial charge is 0.478 e. The van der Waals surface area contributed by atoms with E-state index in [0.717, 1.165) is 0 Å². The summed E-state index contributed by atoms with van der Waals surface area (Å²) >= 11 is 5.47. The van der Waals surface area contributed by atoms with E-state index in [0.29, 0.717) is 6.07 Å². The number of hydrogen-bond donors (Lipinski definition) is 1. The van der Waals surface area contributed by atoms with Gasteiger partial charge in [0.2, 0.25) is 0 Å². The molecule has 78 valence electrons. The Balaban J connectivity index is 3.47. The molecule has 0 fully saturated rings. The maximum atomic E-state index is 12.3. The van der Waals surface area contributed by atoms with E-state index in [-0.39, 0.29) is 0 Å². The van der Waals surface area contributed by atoms with Gasteiger partial charge in [-0.3, -0.25) is 0 Å². The van der Waals surface area contributed by atoms with Crippen molar-refractivity contribution in [3.63, 3.8) is 0 Å². The molecule has 0 unspecified atom stereocenters. The first-order valence-electron chi connectivity index (χ1n) is 3.59. The highest BCUT2D eigenvalue weighted by molar-refractivity contribution is 6.34. The molecule has 1 N–H and O–H groups in total.